The Labute approximate surface area is 161 Å². The highest BCUT2D eigenvalue weighted by Crippen LogP contribution is 2.31. The molecule has 2 aromatic carbocycles. The monoisotopic (exact) mass is 397 g/mol. The van der Waals surface area contributed by atoms with E-state index in [4.69, 9.17) is 19.9 Å². The summed E-state index contributed by atoms with van der Waals surface area (Å²) >= 11 is 0. The highest BCUT2D eigenvalue weighted by molar-refractivity contribution is 5.77. The molecular formula is C19H22F3N3O3. The van der Waals surface area contributed by atoms with E-state index in [9.17, 15) is 13.2 Å². The maximum atomic E-state index is 12.7. The van der Waals surface area contributed by atoms with E-state index in [1.807, 2.05) is 6.07 Å². The van der Waals surface area contributed by atoms with Gasteiger partial charge in [0.25, 0.3) is 0 Å². The number of hydrogen-bond acceptors (Lipinski definition) is 4. The lowest BCUT2D eigenvalue weighted by molar-refractivity contribution is -0.137. The van der Waals surface area contributed by atoms with E-state index in [0.717, 1.165) is 17.7 Å². The molecule has 3 N–H and O–H groups in total. The van der Waals surface area contributed by atoms with Gasteiger partial charge in [-0.05, 0) is 35.9 Å². The van der Waals surface area contributed by atoms with Crippen LogP contribution >= 0.6 is 0 Å². The highest BCUT2D eigenvalue weighted by Gasteiger charge is 2.30. The maximum absolute atomic E-state index is 12.7. The predicted molar refractivity (Wildman–Crippen MR) is 99.8 cm³/mol. The minimum atomic E-state index is -4.40. The second-order valence-corrected chi connectivity index (χ2v) is 5.69. The summed E-state index contributed by atoms with van der Waals surface area (Å²) in [5.41, 5.74) is 5.91. The number of guanidine groups is 1. The summed E-state index contributed by atoms with van der Waals surface area (Å²) in [6, 6.07) is 10.1. The maximum Gasteiger partial charge on any atom is 0.416 e. The summed E-state index contributed by atoms with van der Waals surface area (Å²) in [5, 5.41) is 2.84. The van der Waals surface area contributed by atoms with E-state index in [1.165, 1.54) is 12.1 Å². The predicted octanol–water partition coefficient (Wildman–Crippen LogP) is 3.21. The average molecular weight is 397 g/mol. The van der Waals surface area contributed by atoms with Crippen molar-refractivity contribution in [1.29, 1.82) is 0 Å². The van der Waals surface area contributed by atoms with Crippen LogP contribution < -0.4 is 25.3 Å². The molecule has 0 heterocycles. The van der Waals surface area contributed by atoms with Crippen molar-refractivity contribution >= 4 is 5.96 Å². The first-order valence-electron chi connectivity index (χ1n) is 8.38. The zero-order valence-electron chi connectivity index (χ0n) is 15.5. The fourth-order valence-electron chi connectivity index (χ4n) is 2.32. The van der Waals surface area contributed by atoms with Crippen molar-refractivity contribution in [3.05, 3.63) is 53.6 Å². The number of benzene rings is 2. The van der Waals surface area contributed by atoms with Gasteiger partial charge in [-0.1, -0.05) is 12.1 Å². The van der Waals surface area contributed by atoms with Crippen molar-refractivity contribution in [2.24, 2.45) is 10.7 Å². The number of nitrogens with zero attached hydrogens (tertiary/aromatic N) is 1. The molecule has 0 saturated carbocycles. The van der Waals surface area contributed by atoms with Gasteiger partial charge in [0.15, 0.2) is 17.5 Å². The molecular weight excluding hydrogens is 375 g/mol. The third kappa shape index (κ3) is 6.26. The standard InChI is InChI=1S/C19H22F3N3O3/c1-26-16-7-6-13(10-17(16)27-2)12-25-18(23)24-8-9-28-15-5-3-4-14(11-15)19(20,21)22/h3-7,10-11H,8-9,12H2,1-2H3,(H3,23,24,25). The van der Waals surface area contributed by atoms with Crippen LogP contribution in [0.15, 0.2) is 47.5 Å². The zero-order valence-corrected chi connectivity index (χ0v) is 15.5. The highest BCUT2D eigenvalue weighted by atomic mass is 19.4. The summed E-state index contributed by atoms with van der Waals surface area (Å²) in [6.07, 6.45) is -4.40. The van der Waals surface area contributed by atoms with Crippen LogP contribution in [0.5, 0.6) is 17.2 Å². The number of halogens is 3. The van der Waals surface area contributed by atoms with Gasteiger partial charge < -0.3 is 25.3 Å². The minimum absolute atomic E-state index is 0.133. The lowest BCUT2D eigenvalue weighted by Crippen LogP contribution is -2.34. The molecule has 0 amide bonds. The van der Waals surface area contributed by atoms with E-state index in [-0.39, 0.29) is 24.9 Å². The Kier molecular flexibility index (Phi) is 7.36. The zero-order chi connectivity index (χ0) is 20.6. The largest absolute Gasteiger partial charge is 0.493 e. The minimum Gasteiger partial charge on any atom is -0.493 e. The summed E-state index contributed by atoms with van der Waals surface area (Å²) in [4.78, 5) is 4.20. The molecule has 0 aromatic heterocycles. The van der Waals surface area contributed by atoms with Crippen molar-refractivity contribution < 1.29 is 27.4 Å². The summed E-state index contributed by atoms with van der Waals surface area (Å²) in [5.74, 6) is 1.55. The van der Waals surface area contributed by atoms with Gasteiger partial charge in [0.1, 0.15) is 12.4 Å². The quantitative estimate of drug-likeness (QED) is 0.406. The third-order valence-corrected chi connectivity index (χ3v) is 3.72. The number of nitrogens with two attached hydrogens (primary N) is 1. The second kappa shape index (κ2) is 9.72. The van der Waals surface area contributed by atoms with Crippen LogP contribution in [0.25, 0.3) is 0 Å². The molecule has 0 bridgehead atoms. The van der Waals surface area contributed by atoms with Crippen LogP contribution in [0.4, 0.5) is 13.2 Å². The van der Waals surface area contributed by atoms with Crippen LogP contribution in [0.2, 0.25) is 0 Å². The molecule has 0 spiro atoms. The van der Waals surface area contributed by atoms with Crippen LogP contribution in [0.1, 0.15) is 11.1 Å². The van der Waals surface area contributed by atoms with Crippen molar-refractivity contribution in [2.45, 2.75) is 12.7 Å². The molecule has 28 heavy (non-hydrogen) atoms. The van der Waals surface area contributed by atoms with E-state index < -0.39 is 11.7 Å². The smallest absolute Gasteiger partial charge is 0.416 e. The molecule has 0 saturated heterocycles. The van der Waals surface area contributed by atoms with Gasteiger partial charge in [0, 0.05) is 0 Å². The van der Waals surface area contributed by atoms with E-state index >= 15 is 0 Å². The van der Waals surface area contributed by atoms with Gasteiger partial charge in [-0.15, -0.1) is 0 Å². The summed E-state index contributed by atoms with van der Waals surface area (Å²) in [6.45, 7) is 0.749. The molecule has 9 heteroatoms. The van der Waals surface area contributed by atoms with Crippen molar-refractivity contribution in [3.63, 3.8) is 0 Å². The number of ether oxygens (including phenoxy) is 3. The van der Waals surface area contributed by atoms with Gasteiger partial charge in [-0.3, -0.25) is 0 Å². The molecule has 0 atom stereocenters. The fourth-order valence-corrected chi connectivity index (χ4v) is 2.32. The Balaban J connectivity index is 1.80. The molecule has 152 valence electrons. The number of alkyl halides is 3. The van der Waals surface area contributed by atoms with Crippen molar-refractivity contribution in [2.75, 3.05) is 27.4 Å². The molecule has 0 aliphatic rings. The molecule has 0 unspecified atom stereocenters. The Morgan fingerprint density at radius 2 is 1.82 bits per heavy atom. The van der Waals surface area contributed by atoms with Gasteiger partial charge >= 0.3 is 6.18 Å². The number of aliphatic imine (C=N–C) groups is 1. The van der Waals surface area contributed by atoms with Gasteiger partial charge in [0.05, 0.1) is 32.9 Å². The van der Waals surface area contributed by atoms with Gasteiger partial charge in [-0.25, -0.2) is 4.99 Å². The topological polar surface area (TPSA) is 78.1 Å². The Morgan fingerprint density at radius 3 is 2.50 bits per heavy atom. The molecule has 0 aliphatic carbocycles. The molecule has 0 fully saturated rings. The number of methoxy groups -OCH3 is 2. The first-order valence-corrected chi connectivity index (χ1v) is 8.38. The summed E-state index contributed by atoms with van der Waals surface area (Å²) < 4.78 is 53.7. The van der Waals surface area contributed by atoms with Crippen molar-refractivity contribution in [1.82, 2.24) is 5.32 Å². The molecule has 2 rings (SSSR count). The Hall–Kier alpha value is -3.10. The number of rotatable bonds is 8. The SMILES string of the molecule is COc1ccc(CN=C(N)NCCOc2cccc(C(F)(F)F)c2)cc1OC. The van der Waals surface area contributed by atoms with Crippen LogP contribution in [-0.4, -0.2) is 33.3 Å². The molecule has 0 aliphatic heterocycles. The van der Waals surface area contributed by atoms with E-state index in [1.54, 1.807) is 26.4 Å². The van der Waals surface area contributed by atoms with Gasteiger partial charge in [-0.2, -0.15) is 13.2 Å². The average Bonchev–Trinajstić information content (AvgIpc) is 2.69. The normalized spacial score (nSPS) is 11.8. The number of hydrogen-bond donors (Lipinski definition) is 2. The number of nitrogens with one attached hydrogen (secondary N) is 1. The van der Waals surface area contributed by atoms with Crippen LogP contribution in [0, 0.1) is 0 Å². The lowest BCUT2D eigenvalue weighted by Gasteiger charge is -2.11. The first kappa shape index (κ1) is 21.2. The third-order valence-electron chi connectivity index (χ3n) is 3.72. The van der Waals surface area contributed by atoms with E-state index in [0.29, 0.717) is 18.0 Å². The Bertz CT molecular complexity index is 810. The summed E-state index contributed by atoms with van der Waals surface area (Å²) in [7, 11) is 3.10. The van der Waals surface area contributed by atoms with Gasteiger partial charge in [0.2, 0.25) is 0 Å². The lowest BCUT2D eigenvalue weighted by atomic mass is 10.2. The Morgan fingerprint density at radius 1 is 1.07 bits per heavy atom. The molecule has 2 aromatic rings. The second-order valence-electron chi connectivity index (χ2n) is 5.69. The first-order chi connectivity index (χ1) is 13.3. The van der Waals surface area contributed by atoms with Crippen LogP contribution in [-0.2, 0) is 12.7 Å². The van der Waals surface area contributed by atoms with E-state index in [2.05, 4.69) is 10.3 Å². The molecule has 6 nitrogen and oxygen atoms in total. The van der Waals surface area contributed by atoms with Crippen molar-refractivity contribution in [3.8, 4) is 17.2 Å². The fraction of sp³-hybridized carbons (Fsp3) is 0.316. The molecule has 0 radical (unpaired) electrons. The van der Waals surface area contributed by atoms with Crippen LogP contribution in [0.3, 0.4) is 0 Å².